The number of rotatable bonds is 5. The van der Waals surface area contributed by atoms with Gasteiger partial charge in [0.05, 0.1) is 5.69 Å². The van der Waals surface area contributed by atoms with Crippen LogP contribution in [-0.4, -0.2) is 16.4 Å². The molecule has 2 nitrogen and oxygen atoms in total. The maximum absolute atomic E-state index is 5.78. The molecule has 0 saturated carbocycles. The summed E-state index contributed by atoms with van der Waals surface area (Å²) in [6.07, 6.45) is 2.02. The Hall–Kier alpha value is -0.280. The van der Waals surface area contributed by atoms with Gasteiger partial charge in [-0.25, -0.2) is 4.98 Å². The Morgan fingerprint density at radius 3 is 2.79 bits per heavy atom. The van der Waals surface area contributed by atoms with E-state index in [0.717, 1.165) is 23.7 Å². The molecule has 0 aliphatic rings. The largest absolute Gasteiger partial charge is 0.356 e. The molecule has 1 atom stereocenters. The summed E-state index contributed by atoms with van der Waals surface area (Å²) in [6.45, 7) is 6.36. The minimum atomic E-state index is 0.0754. The van der Waals surface area contributed by atoms with Gasteiger partial charge >= 0.3 is 0 Å². The van der Waals surface area contributed by atoms with E-state index in [0.29, 0.717) is 5.88 Å². The van der Waals surface area contributed by atoms with Crippen molar-refractivity contribution >= 4 is 28.1 Å². The summed E-state index contributed by atoms with van der Waals surface area (Å²) in [5.41, 5.74) is 1.15. The first-order valence-corrected chi connectivity index (χ1v) is 6.27. The third-order valence-electron chi connectivity index (χ3n) is 2.45. The van der Waals surface area contributed by atoms with Crippen LogP contribution in [0.3, 0.4) is 0 Å². The SMILES string of the molecule is CCC(C)(CCCl)Nc1nc(C)cs1. The lowest BCUT2D eigenvalue weighted by atomic mass is 9.96. The van der Waals surface area contributed by atoms with Crippen molar-refractivity contribution in [3.63, 3.8) is 0 Å². The maximum atomic E-state index is 5.78. The van der Waals surface area contributed by atoms with Crippen LogP contribution in [0.25, 0.3) is 0 Å². The van der Waals surface area contributed by atoms with Crippen LogP contribution in [0, 0.1) is 6.92 Å². The van der Waals surface area contributed by atoms with E-state index in [4.69, 9.17) is 11.6 Å². The van der Waals surface area contributed by atoms with Gasteiger partial charge in [-0.15, -0.1) is 22.9 Å². The highest BCUT2D eigenvalue weighted by molar-refractivity contribution is 7.13. The molecule has 80 valence electrons. The molecule has 0 saturated heterocycles. The van der Waals surface area contributed by atoms with E-state index >= 15 is 0 Å². The Morgan fingerprint density at radius 2 is 2.36 bits per heavy atom. The average molecular weight is 233 g/mol. The molecule has 0 aliphatic heterocycles. The zero-order valence-electron chi connectivity index (χ0n) is 8.93. The molecule has 14 heavy (non-hydrogen) atoms. The molecule has 4 heteroatoms. The molecule has 1 unspecified atom stereocenters. The zero-order chi connectivity index (χ0) is 10.6. The minimum absolute atomic E-state index is 0.0754. The van der Waals surface area contributed by atoms with Gasteiger partial charge in [0, 0.05) is 16.8 Å². The average Bonchev–Trinajstić information content (AvgIpc) is 2.51. The van der Waals surface area contributed by atoms with Crippen LogP contribution in [0.1, 0.15) is 32.4 Å². The van der Waals surface area contributed by atoms with E-state index in [-0.39, 0.29) is 5.54 Å². The molecule has 0 aromatic carbocycles. The van der Waals surface area contributed by atoms with Crippen molar-refractivity contribution in [1.29, 1.82) is 0 Å². The van der Waals surface area contributed by atoms with Gasteiger partial charge in [0.15, 0.2) is 5.13 Å². The first-order chi connectivity index (χ1) is 6.59. The molecule has 0 spiro atoms. The van der Waals surface area contributed by atoms with Gasteiger partial charge in [-0.3, -0.25) is 0 Å². The highest BCUT2D eigenvalue weighted by Crippen LogP contribution is 2.24. The number of anilines is 1. The van der Waals surface area contributed by atoms with Crippen molar-refractivity contribution in [2.45, 2.75) is 39.2 Å². The molecular weight excluding hydrogens is 216 g/mol. The van der Waals surface area contributed by atoms with Crippen LogP contribution in [0.15, 0.2) is 5.38 Å². The Balaban J connectivity index is 2.64. The van der Waals surface area contributed by atoms with Crippen LogP contribution in [0.5, 0.6) is 0 Å². The Labute approximate surface area is 94.7 Å². The number of aromatic nitrogens is 1. The third kappa shape index (κ3) is 3.14. The van der Waals surface area contributed by atoms with Gasteiger partial charge in [-0.1, -0.05) is 6.92 Å². The number of nitrogens with one attached hydrogen (secondary N) is 1. The van der Waals surface area contributed by atoms with Crippen LogP contribution < -0.4 is 5.32 Å². The second-order valence-electron chi connectivity index (χ2n) is 3.77. The standard InChI is InChI=1S/C10H17ClN2S/c1-4-10(3,5-6-11)13-9-12-8(2)7-14-9/h7H,4-6H2,1-3H3,(H,12,13). The smallest absolute Gasteiger partial charge is 0.183 e. The van der Waals surface area contributed by atoms with E-state index in [1.165, 1.54) is 0 Å². The van der Waals surface area contributed by atoms with E-state index in [1.54, 1.807) is 11.3 Å². The van der Waals surface area contributed by atoms with E-state index in [2.05, 4.69) is 29.5 Å². The fourth-order valence-corrected chi connectivity index (χ4v) is 2.46. The first kappa shape index (κ1) is 11.8. The molecule has 0 amide bonds. The highest BCUT2D eigenvalue weighted by Gasteiger charge is 2.21. The summed E-state index contributed by atoms with van der Waals surface area (Å²) in [5, 5.41) is 6.50. The first-order valence-electron chi connectivity index (χ1n) is 4.86. The number of nitrogens with zero attached hydrogens (tertiary/aromatic N) is 1. The summed E-state index contributed by atoms with van der Waals surface area (Å²) in [5.74, 6) is 0.682. The van der Waals surface area contributed by atoms with Gasteiger partial charge in [0.2, 0.25) is 0 Å². The second-order valence-corrected chi connectivity index (χ2v) is 5.01. The van der Waals surface area contributed by atoms with Crippen molar-refractivity contribution in [2.24, 2.45) is 0 Å². The number of hydrogen-bond acceptors (Lipinski definition) is 3. The van der Waals surface area contributed by atoms with Crippen molar-refractivity contribution in [1.82, 2.24) is 4.98 Å². The van der Waals surface area contributed by atoms with Crippen LogP contribution in [0.2, 0.25) is 0 Å². The molecular formula is C10H17ClN2S. The highest BCUT2D eigenvalue weighted by atomic mass is 35.5. The van der Waals surface area contributed by atoms with Gasteiger partial charge in [-0.2, -0.15) is 0 Å². The third-order valence-corrected chi connectivity index (χ3v) is 3.52. The fourth-order valence-electron chi connectivity index (χ4n) is 1.21. The molecule has 1 aromatic heterocycles. The maximum Gasteiger partial charge on any atom is 0.183 e. The number of aryl methyl sites for hydroxylation is 1. The van der Waals surface area contributed by atoms with Crippen molar-refractivity contribution in [3.8, 4) is 0 Å². The predicted octanol–water partition coefficient (Wildman–Crippen LogP) is 3.66. The Kier molecular flexibility index (Phi) is 4.20. The zero-order valence-corrected chi connectivity index (χ0v) is 10.5. The summed E-state index contributed by atoms with van der Waals surface area (Å²) in [7, 11) is 0. The summed E-state index contributed by atoms with van der Waals surface area (Å²) in [4.78, 5) is 4.39. The normalized spacial score (nSPS) is 15.1. The summed E-state index contributed by atoms with van der Waals surface area (Å²) < 4.78 is 0. The lowest BCUT2D eigenvalue weighted by molar-refractivity contribution is 0.481. The van der Waals surface area contributed by atoms with Crippen LogP contribution in [-0.2, 0) is 0 Å². The topological polar surface area (TPSA) is 24.9 Å². The molecule has 0 fully saturated rings. The lowest BCUT2D eigenvalue weighted by Gasteiger charge is -2.28. The predicted molar refractivity (Wildman–Crippen MR) is 64.5 cm³/mol. The quantitative estimate of drug-likeness (QED) is 0.784. The molecule has 0 radical (unpaired) electrons. The summed E-state index contributed by atoms with van der Waals surface area (Å²) in [6, 6.07) is 0. The number of thiazole rings is 1. The lowest BCUT2D eigenvalue weighted by Crippen LogP contribution is -2.34. The summed E-state index contributed by atoms with van der Waals surface area (Å²) >= 11 is 7.43. The minimum Gasteiger partial charge on any atom is -0.356 e. The number of halogens is 1. The van der Waals surface area contributed by atoms with Gasteiger partial charge in [0.1, 0.15) is 0 Å². The van der Waals surface area contributed by atoms with Crippen molar-refractivity contribution in [3.05, 3.63) is 11.1 Å². The van der Waals surface area contributed by atoms with Gasteiger partial charge in [-0.05, 0) is 26.7 Å². The number of alkyl halides is 1. The molecule has 0 bridgehead atoms. The molecule has 1 rings (SSSR count). The molecule has 1 N–H and O–H groups in total. The van der Waals surface area contributed by atoms with Crippen molar-refractivity contribution in [2.75, 3.05) is 11.2 Å². The Morgan fingerprint density at radius 1 is 1.64 bits per heavy atom. The fraction of sp³-hybridized carbons (Fsp3) is 0.700. The number of hydrogen-bond donors (Lipinski definition) is 1. The van der Waals surface area contributed by atoms with E-state index < -0.39 is 0 Å². The monoisotopic (exact) mass is 232 g/mol. The van der Waals surface area contributed by atoms with E-state index in [9.17, 15) is 0 Å². The van der Waals surface area contributed by atoms with Crippen LogP contribution >= 0.6 is 22.9 Å². The van der Waals surface area contributed by atoms with Gasteiger partial charge < -0.3 is 5.32 Å². The Bertz CT molecular complexity index is 287. The molecule has 0 aliphatic carbocycles. The second kappa shape index (κ2) is 4.99. The van der Waals surface area contributed by atoms with Crippen molar-refractivity contribution < 1.29 is 0 Å². The molecule has 1 aromatic rings. The van der Waals surface area contributed by atoms with Gasteiger partial charge in [0.25, 0.3) is 0 Å². The van der Waals surface area contributed by atoms with Crippen LogP contribution in [0.4, 0.5) is 5.13 Å². The van der Waals surface area contributed by atoms with E-state index in [1.807, 2.05) is 6.92 Å². The molecule has 1 heterocycles.